The van der Waals surface area contributed by atoms with Gasteiger partial charge in [-0.1, -0.05) is 84.9 Å². The molecular weight excluding hydrogens is 721 g/mol. The van der Waals surface area contributed by atoms with E-state index < -0.39 is 0 Å². The van der Waals surface area contributed by atoms with Gasteiger partial charge in [0, 0.05) is 44.3 Å². The molecule has 0 fully saturated rings. The normalized spacial score (nSPS) is 11.8. The molecule has 11 aromatic rings. The molecule has 4 nitrogen and oxygen atoms in total. The Hall–Kier alpha value is -7.30. The standard InChI is InChI=1S/C55H42N2O2/c1-33-14-12-15-34(2)52(33)56(42-18-8-6-9-19-42)44-24-22-38-29-46-47-26-37(5)51-48-30-39-23-25-45(57(43-20-10-7-11-21-43)53-35(3)16-13-17-36(53)4)28-41(39)32-50(48)59-55(51)54(47)58-49(46)31-40(38)27-44/h6-32H,1-5H3. The molecule has 11 rings (SSSR count). The molecule has 0 saturated carbocycles. The molecule has 0 N–H and O–H groups in total. The second kappa shape index (κ2) is 13.4. The van der Waals surface area contributed by atoms with Crippen LogP contribution < -0.4 is 9.80 Å². The van der Waals surface area contributed by atoms with Crippen molar-refractivity contribution >= 4 is 99.5 Å². The first-order valence-corrected chi connectivity index (χ1v) is 20.3. The van der Waals surface area contributed by atoms with Crippen LogP contribution in [0.3, 0.4) is 0 Å². The minimum Gasteiger partial charge on any atom is -0.452 e. The van der Waals surface area contributed by atoms with Gasteiger partial charge >= 0.3 is 0 Å². The van der Waals surface area contributed by atoms with E-state index in [0.717, 1.165) is 93.7 Å². The fraction of sp³-hybridized carbons (Fsp3) is 0.0909. The van der Waals surface area contributed by atoms with Crippen LogP contribution in [0.2, 0.25) is 0 Å². The predicted molar refractivity (Wildman–Crippen MR) is 249 cm³/mol. The number of fused-ring (bicyclic) bond motifs is 9. The molecule has 59 heavy (non-hydrogen) atoms. The van der Waals surface area contributed by atoms with Gasteiger partial charge in [0.25, 0.3) is 0 Å². The van der Waals surface area contributed by atoms with E-state index in [1.54, 1.807) is 0 Å². The van der Waals surface area contributed by atoms with Gasteiger partial charge < -0.3 is 18.6 Å². The summed E-state index contributed by atoms with van der Waals surface area (Å²) in [5.74, 6) is 0. The molecule has 284 valence electrons. The first kappa shape index (κ1) is 34.9. The van der Waals surface area contributed by atoms with E-state index >= 15 is 0 Å². The second-order valence-electron chi connectivity index (χ2n) is 16.1. The van der Waals surface area contributed by atoms with E-state index in [0.29, 0.717) is 0 Å². The van der Waals surface area contributed by atoms with E-state index in [4.69, 9.17) is 8.83 Å². The summed E-state index contributed by atoms with van der Waals surface area (Å²) in [6.45, 7) is 10.9. The summed E-state index contributed by atoms with van der Waals surface area (Å²) in [6, 6.07) is 58.9. The predicted octanol–water partition coefficient (Wildman–Crippen LogP) is 16.3. The second-order valence-corrected chi connectivity index (χ2v) is 16.1. The number of hydrogen-bond donors (Lipinski definition) is 0. The van der Waals surface area contributed by atoms with Crippen molar-refractivity contribution in [3.05, 3.63) is 192 Å². The van der Waals surface area contributed by atoms with Crippen LogP contribution in [0.1, 0.15) is 27.8 Å². The molecule has 0 aliphatic heterocycles. The number of benzene rings is 9. The van der Waals surface area contributed by atoms with Crippen molar-refractivity contribution in [1.29, 1.82) is 0 Å². The fourth-order valence-corrected chi connectivity index (χ4v) is 9.39. The Morgan fingerprint density at radius 3 is 1.29 bits per heavy atom. The number of nitrogens with zero attached hydrogens (tertiary/aromatic N) is 2. The van der Waals surface area contributed by atoms with Crippen molar-refractivity contribution in [2.75, 3.05) is 9.80 Å². The van der Waals surface area contributed by atoms with Crippen LogP contribution >= 0.6 is 0 Å². The number of furan rings is 2. The van der Waals surface area contributed by atoms with Crippen molar-refractivity contribution < 1.29 is 8.83 Å². The van der Waals surface area contributed by atoms with E-state index in [2.05, 4.69) is 208 Å². The molecule has 0 aliphatic carbocycles. The van der Waals surface area contributed by atoms with Gasteiger partial charge in [0.15, 0.2) is 11.2 Å². The highest BCUT2D eigenvalue weighted by molar-refractivity contribution is 6.22. The third-order valence-electron chi connectivity index (χ3n) is 12.1. The number of rotatable bonds is 6. The van der Waals surface area contributed by atoms with Gasteiger partial charge in [-0.05, 0) is 163 Å². The third kappa shape index (κ3) is 5.59. The van der Waals surface area contributed by atoms with Crippen LogP contribution in [0.4, 0.5) is 34.1 Å². The number of para-hydroxylation sites is 4. The van der Waals surface area contributed by atoms with E-state index in [9.17, 15) is 0 Å². The quantitative estimate of drug-likeness (QED) is 0.169. The molecular formula is C55H42N2O2. The van der Waals surface area contributed by atoms with Gasteiger partial charge in [0.05, 0.1) is 11.4 Å². The average Bonchev–Trinajstić information content (AvgIpc) is 3.80. The zero-order chi connectivity index (χ0) is 39.9. The van der Waals surface area contributed by atoms with E-state index in [-0.39, 0.29) is 0 Å². The molecule has 0 atom stereocenters. The molecule has 9 aromatic carbocycles. The Morgan fingerprint density at radius 1 is 0.322 bits per heavy atom. The minimum atomic E-state index is 0.781. The Bertz CT molecular complexity index is 3410. The summed E-state index contributed by atoms with van der Waals surface area (Å²) in [7, 11) is 0. The molecule has 0 bridgehead atoms. The van der Waals surface area contributed by atoms with Crippen molar-refractivity contribution in [2.45, 2.75) is 34.6 Å². The maximum atomic E-state index is 6.85. The summed E-state index contributed by atoms with van der Waals surface area (Å²) < 4.78 is 13.7. The van der Waals surface area contributed by atoms with E-state index in [1.165, 1.54) is 33.6 Å². The monoisotopic (exact) mass is 762 g/mol. The highest BCUT2D eigenvalue weighted by Gasteiger charge is 2.22. The average molecular weight is 763 g/mol. The molecule has 0 spiro atoms. The van der Waals surface area contributed by atoms with Gasteiger partial charge in [-0.2, -0.15) is 0 Å². The Kier molecular flexibility index (Phi) is 7.92. The van der Waals surface area contributed by atoms with Crippen LogP contribution in [0.15, 0.2) is 173 Å². The first-order chi connectivity index (χ1) is 28.8. The topological polar surface area (TPSA) is 32.8 Å². The smallest absolute Gasteiger partial charge is 0.178 e. The van der Waals surface area contributed by atoms with Crippen LogP contribution in [0.25, 0.3) is 65.4 Å². The Balaban J connectivity index is 1.06. The van der Waals surface area contributed by atoms with Gasteiger partial charge in [0.1, 0.15) is 11.2 Å². The zero-order valence-corrected chi connectivity index (χ0v) is 33.8. The lowest BCUT2D eigenvalue weighted by molar-refractivity contribution is 0.633. The number of aryl methyl sites for hydroxylation is 5. The van der Waals surface area contributed by atoms with Crippen LogP contribution in [-0.4, -0.2) is 0 Å². The Labute approximate surface area is 343 Å². The van der Waals surface area contributed by atoms with Crippen LogP contribution in [0.5, 0.6) is 0 Å². The van der Waals surface area contributed by atoms with Gasteiger partial charge in [0.2, 0.25) is 0 Å². The highest BCUT2D eigenvalue weighted by Crippen LogP contribution is 2.45. The third-order valence-corrected chi connectivity index (χ3v) is 12.1. The molecule has 0 radical (unpaired) electrons. The van der Waals surface area contributed by atoms with Crippen LogP contribution in [0, 0.1) is 34.6 Å². The maximum absolute atomic E-state index is 6.85. The molecule has 0 amide bonds. The summed E-state index contributed by atoms with van der Waals surface area (Å²) in [5.41, 5.74) is 16.2. The number of anilines is 6. The lowest BCUT2D eigenvalue weighted by Crippen LogP contribution is -2.12. The van der Waals surface area contributed by atoms with Crippen LogP contribution in [-0.2, 0) is 0 Å². The summed E-state index contributed by atoms with van der Waals surface area (Å²) in [6.07, 6.45) is 0. The Morgan fingerprint density at radius 2 is 0.780 bits per heavy atom. The van der Waals surface area contributed by atoms with Crippen molar-refractivity contribution in [3.8, 4) is 0 Å². The molecule has 2 aromatic heterocycles. The summed E-state index contributed by atoms with van der Waals surface area (Å²) in [4.78, 5) is 4.73. The van der Waals surface area contributed by atoms with E-state index in [1.807, 2.05) is 0 Å². The summed E-state index contributed by atoms with van der Waals surface area (Å²) >= 11 is 0. The lowest BCUT2D eigenvalue weighted by atomic mass is 9.99. The molecule has 0 unspecified atom stereocenters. The highest BCUT2D eigenvalue weighted by atomic mass is 16.4. The van der Waals surface area contributed by atoms with Gasteiger partial charge in [-0.25, -0.2) is 0 Å². The molecule has 4 heteroatoms. The van der Waals surface area contributed by atoms with Crippen molar-refractivity contribution in [2.24, 2.45) is 0 Å². The molecule has 0 saturated heterocycles. The first-order valence-electron chi connectivity index (χ1n) is 20.3. The van der Waals surface area contributed by atoms with Gasteiger partial charge in [-0.15, -0.1) is 0 Å². The van der Waals surface area contributed by atoms with Crippen molar-refractivity contribution in [1.82, 2.24) is 0 Å². The largest absolute Gasteiger partial charge is 0.452 e. The zero-order valence-electron chi connectivity index (χ0n) is 33.8. The minimum absolute atomic E-state index is 0.781. The molecule has 2 heterocycles. The fourth-order valence-electron chi connectivity index (χ4n) is 9.39. The summed E-state index contributed by atoms with van der Waals surface area (Å²) in [5, 5.41) is 8.90. The van der Waals surface area contributed by atoms with Gasteiger partial charge in [-0.3, -0.25) is 0 Å². The molecule has 0 aliphatic rings. The van der Waals surface area contributed by atoms with Crippen molar-refractivity contribution in [3.63, 3.8) is 0 Å². The SMILES string of the molecule is Cc1cccc(C)c1N(c1ccccc1)c1ccc2cc3c(cc2c1)oc1c3cc(C)c2c3cc4ccc(N(c5ccccc5)c5c(C)cccc5C)cc4cc3oc12. The number of hydrogen-bond acceptors (Lipinski definition) is 4. The lowest BCUT2D eigenvalue weighted by Gasteiger charge is -2.29. The maximum Gasteiger partial charge on any atom is 0.178 e.